The number of carbonyl (C=O) groups excluding carboxylic acids is 1. The molecule has 4 rings (SSSR count). The first-order chi connectivity index (χ1) is 13.7. The first-order valence-corrected chi connectivity index (χ1v) is 9.47. The van der Waals surface area contributed by atoms with Gasteiger partial charge in [0.2, 0.25) is 5.91 Å². The Morgan fingerprint density at radius 3 is 2.82 bits per heavy atom. The zero-order valence-corrected chi connectivity index (χ0v) is 15.5. The van der Waals surface area contributed by atoms with Gasteiger partial charge in [-0.3, -0.25) is 14.0 Å². The van der Waals surface area contributed by atoms with Crippen molar-refractivity contribution < 1.29 is 9.21 Å². The zero-order chi connectivity index (χ0) is 19.3. The van der Waals surface area contributed by atoms with Crippen LogP contribution < -0.4 is 10.9 Å². The van der Waals surface area contributed by atoms with Gasteiger partial charge in [0.05, 0.1) is 11.8 Å². The largest absolute Gasteiger partial charge is 0.463 e. The lowest BCUT2D eigenvalue weighted by molar-refractivity contribution is -0.121. The lowest BCUT2D eigenvalue weighted by atomic mass is 10.1. The summed E-state index contributed by atoms with van der Waals surface area (Å²) in [5, 5.41) is 7.14. The van der Waals surface area contributed by atoms with Crippen LogP contribution in [0.4, 0.5) is 0 Å². The van der Waals surface area contributed by atoms with Crippen molar-refractivity contribution >= 4 is 22.5 Å². The van der Waals surface area contributed by atoms with Gasteiger partial charge in [0.25, 0.3) is 5.56 Å². The molecule has 0 aliphatic rings. The molecule has 7 nitrogen and oxygen atoms in total. The van der Waals surface area contributed by atoms with E-state index in [-0.39, 0.29) is 11.5 Å². The molecule has 0 unspecified atom stereocenters. The van der Waals surface area contributed by atoms with Crippen LogP contribution in [-0.4, -0.2) is 26.6 Å². The van der Waals surface area contributed by atoms with Crippen LogP contribution in [0.2, 0.25) is 0 Å². The third-order valence-corrected chi connectivity index (χ3v) is 4.80. The molecular weight excluding hydrogens is 356 g/mol. The molecule has 0 spiro atoms. The van der Waals surface area contributed by atoms with E-state index >= 15 is 0 Å². The lowest BCUT2D eigenvalue weighted by Crippen LogP contribution is -2.27. The number of nitrogens with zero attached hydrogens (tertiary/aromatic N) is 3. The number of benzene rings is 1. The minimum atomic E-state index is -0.183. The summed E-state index contributed by atoms with van der Waals surface area (Å²) in [6.45, 7) is 1.06. The van der Waals surface area contributed by atoms with Crippen LogP contribution in [-0.2, 0) is 17.8 Å². The van der Waals surface area contributed by atoms with Gasteiger partial charge < -0.3 is 9.73 Å². The summed E-state index contributed by atoms with van der Waals surface area (Å²) >= 11 is 0. The highest BCUT2D eigenvalue weighted by atomic mass is 16.3. The monoisotopic (exact) mass is 378 g/mol. The van der Waals surface area contributed by atoms with Crippen molar-refractivity contribution in [1.82, 2.24) is 19.5 Å². The highest BCUT2D eigenvalue weighted by Crippen LogP contribution is 2.18. The number of aromatic nitrogens is 3. The number of furan rings is 1. The number of amides is 1. The molecule has 0 aliphatic heterocycles. The number of hydrogen-bond acceptors (Lipinski definition) is 4. The number of rotatable bonds is 8. The quantitative estimate of drug-likeness (QED) is 0.478. The summed E-state index contributed by atoms with van der Waals surface area (Å²) in [6.07, 6.45) is 5.97. The van der Waals surface area contributed by atoms with Crippen molar-refractivity contribution in [3.63, 3.8) is 0 Å². The van der Waals surface area contributed by atoms with E-state index in [1.165, 1.54) is 10.2 Å². The summed E-state index contributed by atoms with van der Waals surface area (Å²) in [5.74, 6) is 0.00221. The van der Waals surface area contributed by atoms with Crippen molar-refractivity contribution in [2.75, 3.05) is 6.54 Å². The standard InChI is InChI=1S/C21H22N4O3/c26-20(22-11-4-8-16-6-2-1-3-7-16)9-5-12-25-21(27)18-14-19-17(10-13-28-19)24(18)15-23-25/h1-3,6-7,10,13-15H,4-5,8-9,11-12H2,(H,22,26). The Labute approximate surface area is 161 Å². The number of aryl methyl sites for hydroxylation is 2. The smallest absolute Gasteiger partial charge is 0.291 e. The first kappa shape index (κ1) is 18.0. The van der Waals surface area contributed by atoms with Gasteiger partial charge in [-0.2, -0.15) is 5.10 Å². The molecule has 0 saturated carbocycles. The highest BCUT2D eigenvalue weighted by molar-refractivity contribution is 5.81. The minimum Gasteiger partial charge on any atom is -0.463 e. The van der Waals surface area contributed by atoms with E-state index in [9.17, 15) is 9.59 Å². The predicted octanol–water partition coefficient (Wildman–Crippen LogP) is 2.77. The van der Waals surface area contributed by atoms with Crippen LogP contribution in [0.15, 0.2) is 64.3 Å². The molecule has 0 bridgehead atoms. The van der Waals surface area contributed by atoms with Gasteiger partial charge in [0.15, 0.2) is 5.58 Å². The third kappa shape index (κ3) is 3.83. The van der Waals surface area contributed by atoms with E-state index in [1.807, 2.05) is 18.2 Å². The van der Waals surface area contributed by atoms with E-state index in [0.29, 0.717) is 37.0 Å². The summed E-state index contributed by atoms with van der Waals surface area (Å²) < 4.78 is 8.45. The molecule has 28 heavy (non-hydrogen) atoms. The molecule has 1 amide bonds. The van der Waals surface area contributed by atoms with E-state index in [0.717, 1.165) is 18.4 Å². The molecule has 3 aromatic heterocycles. The summed E-state index contributed by atoms with van der Waals surface area (Å²) in [5.41, 5.74) is 3.09. The zero-order valence-electron chi connectivity index (χ0n) is 15.5. The van der Waals surface area contributed by atoms with Gasteiger partial charge in [-0.1, -0.05) is 30.3 Å². The highest BCUT2D eigenvalue weighted by Gasteiger charge is 2.11. The van der Waals surface area contributed by atoms with Crippen molar-refractivity contribution in [3.05, 3.63) is 71.0 Å². The van der Waals surface area contributed by atoms with Gasteiger partial charge in [0.1, 0.15) is 11.8 Å². The van der Waals surface area contributed by atoms with Crippen molar-refractivity contribution in [2.24, 2.45) is 0 Å². The molecule has 4 aromatic rings. The molecule has 0 saturated heterocycles. The third-order valence-electron chi connectivity index (χ3n) is 4.80. The number of carbonyl (C=O) groups is 1. The minimum absolute atomic E-state index is 0.00221. The molecular formula is C21H22N4O3. The number of nitrogens with one attached hydrogen (secondary N) is 1. The molecule has 0 radical (unpaired) electrons. The molecule has 3 heterocycles. The molecule has 1 aromatic carbocycles. The SMILES string of the molecule is O=C(CCCn1ncn2c(cc3occc32)c1=O)NCCCc1ccccc1. The fraction of sp³-hybridized carbons (Fsp3) is 0.286. The predicted molar refractivity (Wildman–Crippen MR) is 106 cm³/mol. The second kappa shape index (κ2) is 8.12. The van der Waals surface area contributed by atoms with Crippen molar-refractivity contribution in [1.29, 1.82) is 0 Å². The number of fused-ring (bicyclic) bond motifs is 3. The maximum atomic E-state index is 12.6. The second-order valence-electron chi connectivity index (χ2n) is 6.77. The molecule has 7 heteroatoms. The van der Waals surface area contributed by atoms with Crippen molar-refractivity contribution in [2.45, 2.75) is 32.2 Å². The number of hydrogen-bond donors (Lipinski definition) is 1. The van der Waals surface area contributed by atoms with Gasteiger partial charge in [0, 0.05) is 31.6 Å². The van der Waals surface area contributed by atoms with E-state index in [2.05, 4.69) is 22.5 Å². The molecule has 0 atom stereocenters. The van der Waals surface area contributed by atoms with Crippen LogP contribution in [0.25, 0.3) is 16.6 Å². The van der Waals surface area contributed by atoms with Crippen molar-refractivity contribution in [3.8, 4) is 0 Å². The fourth-order valence-electron chi connectivity index (χ4n) is 3.33. The summed E-state index contributed by atoms with van der Waals surface area (Å²) in [4.78, 5) is 24.5. The normalized spacial score (nSPS) is 11.3. The Morgan fingerprint density at radius 1 is 1.11 bits per heavy atom. The second-order valence-corrected chi connectivity index (χ2v) is 6.77. The topological polar surface area (TPSA) is 81.5 Å². The Hall–Kier alpha value is -3.35. The Morgan fingerprint density at radius 2 is 1.96 bits per heavy atom. The average Bonchev–Trinajstić information content (AvgIpc) is 3.30. The average molecular weight is 378 g/mol. The maximum Gasteiger partial charge on any atom is 0.291 e. The van der Waals surface area contributed by atoms with Gasteiger partial charge >= 0.3 is 0 Å². The maximum absolute atomic E-state index is 12.6. The van der Waals surface area contributed by atoms with E-state index < -0.39 is 0 Å². The van der Waals surface area contributed by atoms with E-state index in [4.69, 9.17) is 4.42 Å². The van der Waals surface area contributed by atoms with Gasteiger partial charge in [-0.25, -0.2) is 4.68 Å². The van der Waals surface area contributed by atoms with Gasteiger partial charge in [-0.15, -0.1) is 0 Å². The lowest BCUT2D eigenvalue weighted by Gasteiger charge is -2.07. The first-order valence-electron chi connectivity index (χ1n) is 9.47. The van der Waals surface area contributed by atoms with Crippen LogP contribution in [0, 0.1) is 0 Å². The Balaban J connectivity index is 1.25. The molecule has 0 aliphatic carbocycles. The van der Waals surface area contributed by atoms with Crippen LogP contribution in [0.1, 0.15) is 24.8 Å². The van der Waals surface area contributed by atoms with Crippen LogP contribution in [0.5, 0.6) is 0 Å². The molecule has 0 fully saturated rings. The van der Waals surface area contributed by atoms with Gasteiger partial charge in [-0.05, 0) is 24.8 Å². The van der Waals surface area contributed by atoms with E-state index in [1.54, 1.807) is 29.1 Å². The van der Waals surface area contributed by atoms with Crippen LogP contribution in [0.3, 0.4) is 0 Å². The molecule has 144 valence electrons. The summed E-state index contributed by atoms with van der Waals surface area (Å²) in [7, 11) is 0. The Bertz CT molecular complexity index is 1140. The Kier molecular flexibility index (Phi) is 5.23. The van der Waals surface area contributed by atoms with Crippen LogP contribution >= 0.6 is 0 Å². The fourth-order valence-corrected chi connectivity index (χ4v) is 3.33. The molecule has 1 N–H and O–H groups in total. The summed E-state index contributed by atoms with van der Waals surface area (Å²) in [6, 6.07) is 13.7.